The van der Waals surface area contributed by atoms with Crippen molar-refractivity contribution in [3.63, 3.8) is 0 Å². The van der Waals surface area contributed by atoms with E-state index in [1.165, 1.54) is 12.1 Å². The van der Waals surface area contributed by atoms with Crippen LogP contribution in [0.15, 0.2) is 65.8 Å². The molecule has 0 spiro atoms. The molecule has 1 amide bonds. The SMILES string of the molecule is CC(/C=C/c1ccccc1)=N\NC(=O)C1CCN(Cc2ccc([N+](=O)[O-])cc2)CC1. The third kappa shape index (κ3) is 6.35. The molecule has 1 fully saturated rings. The molecular weight excluding hydrogens is 380 g/mol. The number of nitrogens with one attached hydrogen (secondary N) is 1. The van der Waals surface area contributed by atoms with Crippen LogP contribution in [0.4, 0.5) is 5.69 Å². The molecule has 0 bridgehead atoms. The van der Waals surface area contributed by atoms with Gasteiger partial charge < -0.3 is 0 Å². The Morgan fingerprint density at radius 2 is 1.83 bits per heavy atom. The summed E-state index contributed by atoms with van der Waals surface area (Å²) in [7, 11) is 0. The van der Waals surface area contributed by atoms with Gasteiger partial charge in [-0.25, -0.2) is 5.43 Å². The van der Waals surface area contributed by atoms with Gasteiger partial charge in [0.2, 0.25) is 5.91 Å². The van der Waals surface area contributed by atoms with E-state index in [0.717, 1.165) is 49.3 Å². The third-order valence-electron chi connectivity index (χ3n) is 5.17. The highest BCUT2D eigenvalue weighted by molar-refractivity contribution is 5.97. The van der Waals surface area contributed by atoms with Gasteiger partial charge in [0.15, 0.2) is 0 Å². The molecule has 1 N–H and O–H groups in total. The molecule has 0 aromatic heterocycles. The number of hydrogen-bond donors (Lipinski definition) is 1. The van der Waals surface area contributed by atoms with Gasteiger partial charge in [-0.3, -0.25) is 19.8 Å². The van der Waals surface area contributed by atoms with Gasteiger partial charge in [-0.05, 0) is 50.1 Å². The topological polar surface area (TPSA) is 87.8 Å². The van der Waals surface area contributed by atoms with E-state index in [0.29, 0.717) is 0 Å². The second-order valence-corrected chi connectivity index (χ2v) is 7.45. The van der Waals surface area contributed by atoms with Gasteiger partial charge in [0.05, 0.1) is 10.6 Å². The summed E-state index contributed by atoms with van der Waals surface area (Å²) in [5.41, 5.74) is 5.64. The third-order valence-corrected chi connectivity index (χ3v) is 5.17. The second-order valence-electron chi connectivity index (χ2n) is 7.45. The van der Waals surface area contributed by atoms with Crippen molar-refractivity contribution in [2.45, 2.75) is 26.3 Å². The largest absolute Gasteiger partial charge is 0.299 e. The Hall–Kier alpha value is -3.32. The average molecular weight is 406 g/mol. The van der Waals surface area contributed by atoms with Crippen LogP contribution in [0.25, 0.3) is 6.08 Å². The zero-order valence-corrected chi connectivity index (χ0v) is 17.0. The number of carbonyl (C=O) groups is 1. The number of non-ortho nitro benzene ring substituents is 1. The van der Waals surface area contributed by atoms with Crippen molar-refractivity contribution in [3.8, 4) is 0 Å². The number of allylic oxidation sites excluding steroid dienone is 1. The normalized spacial score (nSPS) is 16.0. The van der Waals surface area contributed by atoms with Crippen LogP contribution in [0.3, 0.4) is 0 Å². The fraction of sp³-hybridized carbons (Fsp3) is 0.304. The van der Waals surface area contributed by atoms with Crippen LogP contribution in [-0.4, -0.2) is 34.5 Å². The van der Waals surface area contributed by atoms with Gasteiger partial charge in [-0.15, -0.1) is 0 Å². The minimum Gasteiger partial charge on any atom is -0.299 e. The van der Waals surface area contributed by atoms with Crippen LogP contribution in [0.1, 0.15) is 30.9 Å². The summed E-state index contributed by atoms with van der Waals surface area (Å²) in [6.07, 6.45) is 5.38. The van der Waals surface area contributed by atoms with E-state index in [1.54, 1.807) is 12.1 Å². The number of carbonyl (C=O) groups excluding carboxylic acids is 1. The Morgan fingerprint density at radius 3 is 2.47 bits per heavy atom. The van der Waals surface area contributed by atoms with Crippen molar-refractivity contribution in [3.05, 3.63) is 81.9 Å². The summed E-state index contributed by atoms with van der Waals surface area (Å²) in [5.74, 6) is -0.0924. The van der Waals surface area contributed by atoms with Crippen molar-refractivity contribution >= 4 is 23.4 Å². The monoisotopic (exact) mass is 406 g/mol. The molecule has 0 radical (unpaired) electrons. The number of hydrogen-bond acceptors (Lipinski definition) is 5. The molecule has 0 atom stereocenters. The molecule has 3 rings (SSSR count). The van der Waals surface area contributed by atoms with Crippen molar-refractivity contribution < 1.29 is 9.72 Å². The molecule has 0 aliphatic carbocycles. The maximum atomic E-state index is 12.4. The maximum Gasteiger partial charge on any atom is 0.269 e. The second kappa shape index (κ2) is 10.5. The molecule has 156 valence electrons. The molecule has 2 aromatic rings. The highest BCUT2D eigenvalue weighted by Crippen LogP contribution is 2.20. The maximum absolute atomic E-state index is 12.4. The first-order valence-corrected chi connectivity index (χ1v) is 10.0. The van der Waals surface area contributed by atoms with Gasteiger partial charge in [0.25, 0.3) is 5.69 Å². The number of rotatable bonds is 7. The summed E-state index contributed by atoms with van der Waals surface area (Å²) in [5, 5.41) is 14.9. The van der Waals surface area contributed by atoms with Crippen LogP contribution >= 0.6 is 0 Å². The molecule has 7 heteroatoms. The van der Waals surface area contributed by atoms with E-state index in [-0.39, 0.29) is 17.5 Å². The smallest absolute Gasteiger partial charge is 0.269 e. The molecular formula is C23H26N4O3. The summed E-state index contributed by atoms with van der Waals surface area (Å²) < 4.78 is 0. The number of piperidine rings is 1. The number of benzene rings is 2. The van der Waals surface area contributed by atoms with Gasteiger partial charge in [-0.2, -0.15) is 5.10 Å². The summed E-state index contributed by atoms with van der Waals surface area (Å²) in [4.78, 5) is 25.0. The molecule has 1 aliphatic heterocycles. The Labute approximate surface area is 176 Å². The van der Waals surface area contributed by atoms with Crippen LogP contribution in [0, 0.1) is 16.0 Å². The average Bonchev–Trinajstić information content (AvgIpc) is 2.77. The lowest BCUT2D eigenvalue weighted by Crippen LogP contribution is -2.39. The molecule has 1 heterocycles. The first-order valence-electron chi connectivity index (χ1n) is 10.0. The predicted octanol–water partition coefficient (Wildman–Crippen LogP) is 4.01. The molecule has 0 saturated carbocycles. The lowest BCUT2D eigenvalue weighted by atomic mass is 9.96. The Balaban J connectivity index is 1.43. The van der Waals surface area contributed by atoms with Crippen molar-refractivity contribution in [2.24, 2.45) is 11.0 Å². The highest BCUT2D eigenvalue weighted by atomic mass is 16.6. The fourth-order valence-corrected chi connectivity index (χ4v) is 3.39. The summed E-state index contributed by atoms with van der Waals surface area (Å²) >= 11 is 0. The fourth-order valence-electron chi connectivity index (χ4n) is 3.39. The molecule has 30 heavy (non-hydrogen) atoms. The van der Waals surface area contributed by atoms with E-state index in [2.05, 4.69) is 15.4 Å². The molecule has 2 aromatic carbocycles. The number of nitrogens with zero attached hydrogens (tertiary/aromatic N) is 3. The number of likely N-dealkylation sites (tertiary alicyclic amines) is 1. The highest BCUT2D eigenvalue weighted by Gasteiger charge is 2.24. The predicted molar refractivity (Wildman–Crippen MR) is 118 cm³/mol. The van der Waals surface area contributed by atoms with Crippen LogP contribution in [0.2, 0.25) is 0 Å². The molecule has 7 nitrogen and oxygen atoms in total. The van der Waals surface area contributed by atoms with Crippen LogP contribution < -0.4 is 5.43 Å². The van der Waals surface area contributed by atoms with Crippen molar-refractivity contribution in [1.29, 1.82) is 0 Å². The summed E-state index contributed by atoms with van der Waals surface area (Å²) in [6, 6.07) is 16.6. The Kier molecular flexibility index (Phi) is 7.45. The minimum absolute atomic E-state index is 0.0440. The van der Waals surface area contributed by atoms with Gasteiger partial charge in [0.1, 0.15) is 0 Å². The zero-order chi connectivity index (χ0) is 21.3. The molecule has 0 unspecified atom stereocenters. The summed E-state index contributed by atoms with van der Waals surface area (Å²) in [6.45, 7) is 4.21. The van der Waals surface area contributed by atoms with Gasteiger partial charge in [0, 0.05) is 24.6 Å². The quantitative estimate of drug-likeness (QED) is 0.427. The number of amides is 1. The van der Waals surface area contributed by atoms with E-state index in [9.17, 15) is 14.9 Å². The first kappa shape index (κ1) is 21.4. The minimum atomic E-state index is -0.393. The van der Waals surface area contributed by atoms with E-state index in [1.807, 2.05) is 49.4 Å². The number of hydrazone groups is 1. The van der Waals surface area contributed by atoms with Gasteiger partial charge >= 0.3 is 0 Å². The van der Waals surface area contributed by atoms with Crippen LogP contribution in [-0.2, 0) is 11.3 Å². The Morgan fingerprint density at radius 1 is 1.17 bits per heavy atom. The standard InChI is InChI=1S/C23H26N4O3/c1-18(7-8-19-5-3-2-4-6-19)24-25-23(28)21-13-15-26(16-14-21)17-20-9-11-22(12-10-20)27(29)30/h2-12,21H,13-17H2,1H3,(H,25,28)/b8-7+,24-18+. The van der Waals surface area contributed by atoms with E-state index in [4.69, 9.17) is 0 Å². The van der Waals surface area contributed by atoms with Gasteiger partial charge in [-0.1, -0.05) is 48.5 Å². The lowest BCUT2D eigenvalue weighted by molar-refractivity contribution is -0.384. The number of nitro benzene ring substituents is 1. The molecule has 1 saturated heterocycles. The van der Waals surface area contributed by atoms with Crippen molar-refractivity contribution in [2.75, 3.05) is 13.1 Å². The first-order chi connectivity index (χ1) is 14.5. The van der Waals surface area contributed by atoms with Crippen molar-refractivity contribution in [1.82, 2.24) is 10.3 Å². The van der Waals surface area contributed by atoms with E-state index < -0.39 is 4.92 Å². The lowest BCUT2D eigenvalue weighted by Gasteiger charge is -2.30. The molecule has 1 aliphatic rings. The Bertz CT molecular complexity index is 915. The number of nitro groups is 1. The zero-order valence-electron chi connectivity index (χ0n) is 17.0. The van der Waals surface area contributed by atoms with E-state index >= 15 is 0 Å². The van der Waals surface area contributed by atoms with Crippen LogP contribution in [0.5, 0.6) is 0 Å².